The molecule has 0 saturated carbocycles. The summed E-state index contributed by atoms with van der Waals surface area (Å²) in [6.45, 7) is 7.28. The van der Waals surface area contributed by atoms with Gasteiger partial charge in [0.05, 0.1) is 0 Å². The van der Waals surface area contributed by atoms with E-state index in [4.69, 9.17) is 4.12 Å². The van der Waals surface area contributed by atoms with Crippen molar-refractivity contribution in [3.05, 3.63) is 0 Å². The second kappa shape index (κ2) is 4.43. The lowest BCUT2D eigenvalue weighted by atomic mass is 10.9. The molecule has 0 aromatic rings. The monoisotopic (exact) mass is 178 g/mol. The minimum Gasteiger partial charge on any atom is -0.468 e. The Morgan fingerprint density at radius 1 is 1.44 bits per heavy atom. The molecule has 0 atom stereocenters. The molecule has 0 heterocycles. The zero-order chi connectivity index (χ0) is 7.33. The molecule has 0 amide bonds. The van der Waals surface area contributed by atoms with E-state index in [1.165, 1.54) is 12.1 Å². The lowest BCUT2D eigenvalue weighted by Gasteiger charge is -2.14. The molecule has 0 rings (SSSR count). The molecule has 9 heavy (non-hydrogen) atoms. The molecule has 1 nitrogen and oxygen atoms in total. The second-order valence-corrected chi connectivity index (χ2v) is 12.7. The molecular weight excluding hydrogens is 160 g/mol. The van der Waals surface area contributed by atoms with Crippen molar-refractivity contribution in [1.82, 2.24) is 0 Å². The first-order valence-corrected chi connectivity index (χ1v) is 9.65. The van der Waals surface area contributed by atoms with Crippen molar-refractivity contribution in [3.8, 4) is 0 Å². The molecule has 0 bridgehead atoms. The van der Waals surface area contributed by atoms with Crippen molar-refractivity contribution >= 4 is 28.3 Å². The van der Waals surface area contributed by atoms with Gasteiger partial charge in [-0.05, 0) is 6.04 Å². The highest BCUT2D eigenvalue weighted by Gasteiger charge is 2.11. The van der Waals surface area contributed by atoms with Gasteiger partial charge < -0.3 is 4.12 Å². The zero-order valence-electron chi connectivity index (χ0n) is 7.03. The van der Waals surface area contributed by atoms with Crippen LogP contribution in [0.3, 0.4) is 0 Å². The summed E-state index contributed by atoms with van der Waals surface area (Å²) < 4.78 is 5.24. The first-order chi connectivity index (χ1) is 4.06. The van der Waals surface area contributed by atoms with E-state index in [0.29, 0.717) is 0 Å². The van der Waals surface area contributed by atoms with Crippen molar-refractivity contribution in [1.29, 1.82) is 0 Å². The highest BCUT2D eigenvalue weighted by atomic mass is 28.3. The normalized spacial score (nSPS) is 13.7. The molecule has 0 aliphatic carbocycles. The topological polar surface area (TPSA) is 9.23 Å². The molecule has 0 spiro atoms. The number of hydrogen-bond acceptors (Lipinski definition) is 1. The maximum absolute atomic E-state index is 5.24. The number of rotatable bonds is 4. The Morgan fingerprint density at radius 2 is 2.00 bits per heavy atom. The van der Waals surface area contributed by atoms with Gasteiger partial charge in [0.15, 0.2) is 0 Å². The van der Waals surface area contributed by atoms with Gasteiger partial charge in [0.25, 0.3) is 0 Å². The van der Waals surface area contributed by atoms with Crippen molar-refractivity contribution in [2.75, 3.05) is 0 Å². The van der Waals surface area contributed by atoms with Crippen molar-refractivity contribution < 1.29 is 4.12 Å². The van der Waals surface area contributed by atoms with E-state index < -0.39 is 8.07 Å². The average Bonchev–Trinajstić information content (AvgIpc) is 1.63. The van der Waals surface area contributed by atoms with Crippen LogP contribution in [-0.2, 0) is 4.12 Å². The molecular formula is C5H18OSi3. The van der Waals surface area contributed by atoms with Crippen LogP contribution < -0.4 is 0 Å². The van der Waals surface area contributed by atoms with Gasteiger partial charge in [-0.25, -0.2) is 0 Å². The van der Waals surface area contributed by atoms with Gasteiger partial charge in [-0.1, -0.05) is 25.7 Å². The molecule has 0 aliphatic rings. The van der Waals surface area contributed by atoms with E-state index in [1.807, 2.05) is 0 Å². The molecule has 0 N–H and O–H groups in total. The molecule has 0 unspecified atom stereocenters. The molecule has 0 aliphatic heterocycles. The largest absolute Gasteiger partial charge is 0.468 e. The lowest BCUT2D eigenvalue weighted by Crippen LogP contribution is -2.19. The van der Waals surface area contributed by atoms with E-state index >= 15 is 0 Å². The Hall–Kier alpha value is 0.611. The van der Waals surface area contributed by atoms with Crippen molar-refractivity contribution in [2.45, 2.75) is 31.7 Å². The van der Waals surface area contributed by atoms with Crippen LogP contribution in [0.15, 0.2) is 0 Å². The third-order valence-corrected chi connectivity index (χ3v) is 6.11. The van der Waals surface area contributed by atoms with Crippen LogP contribution in [-0.4, -0.2) is 28.3 Å². The summed E-state index contributed by atoms with van der Waals surface area (Å²) in [4.78, 5) is 0. The molecule has 0 radical (unpaired) electrons. The molecule has 56 valence electrons. The van der Waals surface area contributed by atoms with E-state index in [-0.39, 0.29) is 9.76 Å². The van der Waals surface area contributed by atoms with Crippen LogP contribution >= 0.6 is 0 Å². The van der Waals surface area contributed by atoms with E-state index in [2.05, 4.69) is 19.6 Å². The third kappa shape index (κ3) is 8.61. The summed E-state index contributed by atoms with van der Waals surface area (Å²) in [6.07, 6.45) is 0. The van der Waals surface area contributed by atoms with Gasteiger partial charge in [-0.15, -0.1) is 0 Å². The Labute approximate surface area is 64.7 Å². The SMILES string of the molecule is C[Si](C)(C)CC[SiH2]O[SiH3]. The first-order valence-electron chi connectivity index (χ1n) is 3.55. The third-order valence-electron chi connectivity index (χ3n) is 1.28. The summed E-state index contributed by atoms with van der Waals surface area (Å²) >= 11 is 0. The summed E-state index contributed by atoms with van der Waals surface area (Å²) in [5, 5.41) is 0. The Bertz CT molecular complexity index is 69.1. The molecule has 4 heteroatoms. The average molecular weight is 178 g/mol. The molecule has 0 aromatic heterocycles. The quantitative estimate of drug-likeness (QED) is 0.439. The summed E-state index contributed by atoms with van der Waals surface area (Å²) in [7, 11) is 0.181. The highest BCUT2D eigenvalue weighted by molar-refractivity contribution is 6.76. The fourth-order valence-electron chi connectivity index (χ4n) is 0.747. The van der Waals surface area contributed by atoms with Gasteiger partial charge in [-0.2, -0.15) is 0 Å². The fraction of sp³-hybridized carbons (Fsp3) is 1.00. The number of hydrogen-bond donors (Lipinski definition) is 0. The summed E-state index contributed by atoms with van der Waals surface area (Å²) in [5.74, 6) is 0. The Kier molecular flexibility index (Phi) is 4.73. The fourth-order valence-corrected chi connectivity index (χ4v) is 6.72. The molecule has 0 fully saturated rings. The van der Waals surface area contributed by atoms with Gasteiger partial charge in [-0.3, -0.25) is 0 Å². The van der Waals surface area contributed by atoms with E-state index in [1.54, 1.807) is 0 Å². The predicted molar refractivity (Wildman–Crippen MR) is 52.5 cm³/mol. The van der Waals surface area contributed by atoms with E-state index in [0.717, 1.165) is 10.5 Å². The van der Waals surface area contributed by atoms with Crippen LogP contribution in [0, 0.1) is 0 Å². The Balaban J connectivity index is 3.07. The highest BCUT2D eigenvalue weighted by Crippen LogP contribution is 2.10. The van der Waals surface area contributed by atoms with Gasteiger partial charge in [0, 0.05) is 8.07 Å². The maximum atomic E-state index is 5.24. The van der Waals surface area contributed by atoms with Crippen LogP contribution in [0.2, 0.25) is 31.7 Å². The van der Waals surface area contributed by atoms with E-state index in [9.17, 15) is 0 Å². The summed E-state index contributed by atoms with van der Waals surface area (Å²) in [6, 6.07) is 2.89. The minimum absolute atomic E-state index is 0.0617. The minimum atomic E-state index is -0.724. The van der Waals surface area contributed by atoms with Gasteiger partial charge >= 0.3 is 0 Å². The lowest BCUT2D eigenvalue weighted by molar-refractivity contribution is 0.662. The smallest absolute Gasteiger partial charge is 0.145 e. The van der Waals surface area contributed by atoms with Crippen molar-refractivity contribution in [3.63, 3.8) is 0 Å². The molecule has 0 aromatic carbocycles. The molecule has 0 saturated heterocycles. The maximum Gasteiger partial charge on any atom is 0.145 e. The Morgan fingerprint density at radius 3 is 2.33 bits per heavy atom. The van der Waals surface area contributed by atoms with Crippen LogP contribution in [0.25, 0.3) is 0 Å². The van der Waals surface area contributed by atoms with Gasteiger partial charge in [0.1, 0.15) is 20.2 Å². The van der Waals surface area contributed by atoms with Gasteiger partial charge in [0.2, 0.25) is 0 Å². The van der Waals surface area contributed by atoms with Crippen molar-refractivity contribution in [2.24, 2.45) is 0 Å². The predicted octanol–water partition coefficient (Wildman–Crippen LogP) is 0.124. The standard InChI is InChI=1S/C5H18OSi3/c1-9(2,3)5-4-8-6-7/h4-5,8H2,1-3,7H3. The first kappa shape index (κ1) is 9.61. The zero-order valence-corrected chi connectivity index (χ0v) is 11.4. The van der Waals surface area contributed by atoms with Crippen LogP contribution in [0.1, 0.15) is 0 Å². The van der Waals surface area contributed by atoms with Crippen LogP contribution in [0.5, 0.6) is 0 Å². The summed E-state index contributed by atoms with van der Waals surface area (Å²) in [5.41, 5.74) is 0. The second-order valence-electron chi connectivity index (χ2n) is 3.66. The van der Waals surface area contributed by atoms with Crippen LogP contribution in [0.4, 0.5) is 0 Å².